The van der Waals surface area contributed by atoms with Gasteiger partial charge in [0.05, 0.1) is 16.5 Å². The third-order valence-corrected chi connectivity index (χ3v) is 4.59. The monoisotopic (exact) mass is 371 g/mol. The van der Waals surface area contributed by atoms with Crippen LogP contribution in [0.2, 0.25) is 5.02 Å². The number of hydrogen-bond donors (Lipinski definition) is 1. The Morgan fingerprint density at radius 3 is 2.31 bits per heavy atom. The summed E-state index contributed by atoms with van der Waals surface area (Å²) in [5.41, 5.74) is 1.34. The minimum absolute atomic E-state index is 0.0903. The molecule has 0 amide bonds. The first-order valence-electron chi connectivity index (χ1n) is 8.26. The van der Waals surface area contributed by atoms with Crippen molar-refractivity contribution in [2.45, 2.75) is 32.7 Å². The number of halogens is 1. The zero-order valence-corrected chi connectivity index (χ0v) is 15.4. The van der Waals surface area contributed by atoms with Gasteiger partial charge in [0.15, 0.2) is 0 Å². The van der Waals surface area contributed by atoms with Crippen molar-refractivity contribution in [1.29, 1.82) is 0 Å². The number of benzene rings is 2. The topological polar surface area (TPSA) is 79.9 Å². The molecular weight excluding hydrogens is 354 g/mol. The number of nitroso groups, excluding NO2 is 1. The number of nitrogens with zero attached hydrogens (tertiary/aromatic N) is 1. The summed E-state index contributed by atoms with van der Waals surface area (Å²) in [6, 6.07) is 9.00. The Kier molecular flexibility index (Phi) is 4.83. The molecule has 1 N–H and O–H groups in total. The Hall–Kier alpha value is -2.66. The molecule has 0 aliphatic heterocycles. The van der Waals surface area contributed by atoms with Crippen LogP contribution in [0.15, 0.2) is 50.8 Å². The van der Waals surface area contributed by atoms with Crippen LogP contribution in [-0.4, -0.2) is 5.11 Å². The number of hydrogen-bond acceptors (Lipinski definition) is 5. The predicted octanol–water partition coefficient (Wildman–Crippen LogP) is 5.77. The molecule has 0 saturated carbocycles. The molecule has 1 heterocycles. The van der Waals surface area contributed by atoms with Crippen molar-refractivity contribution < 1.29 is 9.52 Å². The van der Waals surface area contributed by atoms with E-state index in [0.717, 1.165) is 0 Å². The molecule has 3 rings (SSSR count). The van der Waals surface area contributed by atoms with Gasteiger partial charge in [0.1, 0.15) is 23.1 Å². The minimum atomic E-state index is -0.844. The van der Waals surface area contributed by atoms with Crippen LogP contribution in [0.5, 0.6) is 5.75 Å². The lowest BCUT2D eigenvalue weighted by Gasteiger charge is -2.16. The Bertz CT molecular complexity index is 1040. The molecular formula is C20H18ClNO4. The van der Waals surface area contributed by atoms with Gasteiger partial charge >= 0.3 is 0 Å². The zero-order chi connectivity index (χ0) is 19.0. The highest BCUT2D eigenvalue weighted by Gasteiger charge is 2.24. The van der Waals surface area contributed by atoms with Gasteiger partial charge in [0.25, 0.3) is 0 Å². The molecule has 0 spiro atoms. The van der Waals surface area contributed by atoms with E-state index in [2.05, 4.69) is 5.18 Å². The summed E-state index contributed by atoms with van der Waals surface area (Å²) in [7, 11) is 0. The highest BCUT2D eigenvalue weighted by molar-refractivity contribution is 6.30. The third-order valence-electron chi connectivity index (χ3n) is 4.34. The molecule has 3 aromatic rings. The number of fused-ring (bicyclic) bond motifs is 1. The molecule has 134 valence electrons. The number of rotatable bonds is 4. The predicted molar refractivity (Wildman–Crippen MR) is 103 cm³/mol. The lowest BCUT2D eigenvalue weighted by molar-refractivity contribution is 0.457. The van der Waals surface area contributed by atoms with E-state index in [1.54, 1.807) is 31.2 Å². The van der Waals surface area contributed by atoms with Gasteiger partial charge in [0, 0.05) is 10.9 Å². The van der Waals surface area contributed by atoms with E-state index in [0.29, 0.717) is 27.3 Å². The van der Waals surface area contributed by atoms with Crippen LogP contribution >= 0.6 is 11.6 Å². The molecule has 6 heteroatoms. The Morgan fingerprint density at radius 1 is 1.08 bits per heavy atom. The summed E-state index contributed by atoms with van der Waals surface area (Å²) in [5, 5.41) is 14.0. The van der Waals surface area contributed by atoms with Gasteiger partial charge in [-0.3, -0.25) is 4.79 Å². The molecule has 0 aliphatic carbocycles. The highest BCUT2D eigenvalue weighted by atomic mass is 35.5. The van der Waals surface area contributed by atoms with E-state index >= 15 is 0 Å². The van der Waals surface area contributed by atoms with Crippen LogP contribution < -0.4 is 5.43 Å². The molecule has 1 aromatic heterocycles. The molecule has 0 fully saturated rings. The Labute approximate surface area is 155 Å². The largest absolute Gasteiger partial charge is 0.507 e. The maximum Gasteiger partial charge on any atom is 0.200 e. The third kappa shape index (κ3) is 2.99. The maximum atomic E-state index is 13.2. The first kappa shape index (κ1) is 18.1. The van der Waals surface area contributed by atoms with Gasteiger partial charge in [-0.2, -0.15) is 4.91 Å². The fourth-order valence-corrected chi connectivity index (χ4v) is 3.16. The Balaban J connectivity index is 2.44. The minimum Gasteiger partial charge on any atom is -0.507 e. The normalized spacial score (nSPS) is 12.5. The fourth-order valence-electron chi connectivity index (χ4n) is 3.04. The SMILES string of the molecule is CC(C)c1oc2c(C(C)N=O)c(O)ccc2c(=O)c1-c1ccc(Cl)cc1. The molecule has 1 atom stereocenters. The van der Waals surface area contributed by atoms with Gasteiger partial charge < -0.3 is 9.52 Å². The second kappa shape index (κ2) is 6.92. The van der Waals surface area contributed by atoms with Gasteiger partial charge in [-0.1, -0.05) is 42.8 Å². The lowest BCUT2D eigenvalue weighted by Crippen LogP contribution is -2.11. The zero-order valence-electron chi connectivity index (χ0n) is 14.6. The summed E-state index contributed by atoms with van der Waals surface area (Å²) in [5.74, 6) is 0.268. The number of phenols is 1. The van der Waals surface area contributed by atoms with E-state index in [4.69, 9.17) is 16.0 Å². The van der Waals surface area contributed by atoms with E-state index in [1.807, 2.05) is 13.8 Å². The molecule has 0 aliphatic rings. The second-order valence-corrected chi connectivity index (χ2v) is 6.92. The van der Waals surface area contributed by atoms with Crippen molar-refractivity contribution in [1.82, 2.24) is 0 Å². The Morgan fingerprint density at radius 2 is 1.73 bits per heavy atom. The molecule has 0 bridgehead atoms. The average Bonchev–Trinajstić information content (AvgIpc) is 2.61. The summed E-state index contributed by atoms with van der Waals surface area (Å²) in [4.78, 5) is 24.3. The first-order valence-corrected chi connectivity index (χ1v) is 8.64. The van der Waals surface area contributed by atoms with Gasteiger partial charge in [-0.25, -0.2) is 0 Å². The van der Waals surface area contributed by atoms with Gasteiger partial charge in [-0.05, 0) is 36.8 Å². The van der Waals surface area contributed by atoms with Crippen molar-refractivity contribution in [3.05, 3.63) is 67.9 Å². The van der Waals surface area contributed by atoms with Crippen molar-refractivity contribution in [3.63, 3.8) is 0 Å². The smallest absolute Gasteiger partial charge is 0.200 e. The highest BCUT2D eigenvalue weighted by Crippen LogP contribution is 2.37. The molecule has 5 nitrogen and oxygen atoms in total. The van der Waals surface area contributed by atoms with E-state index in [-0.39, 0.29) is 28.2 Å². The van der Waals surface area contributed by atoms with Crippen LogP contribution in [0.4, 0.5) is 0 Å². The van der Waals surface area contributed by atoms with Gasteiger partial charge in [0.2, 0.25) is 5.43 Å². The van der Waals surface area contributed by atoms with E-state index in [1.165, 1.54) is 12.1 Å². The average molecular weight is 372 g/mol. The van der Waals surface area contributed by atoms with Crippen LogP contribution in [0.25, 0.3) is 22.1 Å². The summed E-state index contributed by atoms with van der Waals surface area (Å²) >= 11 is 5.96. The summed E-state index contributed by atoms with van der Waals surface area (Å²) < 4.78 is 6.06. The number of phenolic OH excluding ortho intramolecular Hbond substituents is 1. The summed E-state index contributed by atoms with van der Waals surface area (Å²) in [6.45, 7) is 5.37. The van der Waals surface area contributed by atoms with Gasteiger partial charge in [-0.15, -0.1) is 0 Å². The molecule has 0 saturated heterocycles. The van der Waals surface area contributed by atoms with Crippen molar-refractivity contribution >= 4 is 22.6 Å². The quantitative estimate of drug-likeness (QED) is 0.590. The fraction of sp³-hybridized carbons (Fsp3) is 0.250. The molecule has 1 unspecified atom stereocenters. The van der Waals surface area contributed by atoms with Crippen LogP contribution in [-0.2, 0) is 0 Å². The van der Waals surface area contributed by atoms with E-state index in [9.17, 15) is 14.8 Å². The van der Waals surface area contributed by atoms with Crippen molar-refractivity contribution in [2.24, 2.45) is 5.18 Å². The lowest BCUT2D eigenvalue weighted by atomic mass is 9.95. The molecule has 0 radical (unpaired) electrons. The molecule has 2 aromatic carbocycles. The second-order valence-electron chi connectivity index (χ2n) is 6.49. The van der Waals surface area contributed by atoms with E-state index < -0.39 is 6.04 Å². The standard InChI is InChI=1S/C20H18ClNO4/c1-10(2)19-17(12-4-6-13(21)7-5-12)18(24)14-8-9-15(23)16(11(3)22-25)20(14)26-19/h4-11,23H,1-3H3. The first-order chi connectivity index (χ1) is 12.3. The van der Waals surface area contributed by atoms with Crippen LogP contribution in [0.1, 0.15) is 44.1 Å². The van der Waals surface area contributed by atoms with Crippen molar-refractivity contribution in [3.8, 4) is 16.9 Å². The molecule has 26 heavy (non-hydrogen) atoms. The van der Waals surface area contributed by atoms with Crippen LogP contribution in [0, 0.1) is 4.91 Å². The maximum absolute atomic E-state index is 13.2. The van der Waals surface area contributed by atoms with Crippen LogP contribution in [0.3, 0.4) is 0 Å². The van der Waals surface area contributed by atoms with Crippen molar-refractivity contribution in [2.75, 3.05) is 0 Å². The number of aromatic hydroxyl groups is 1. The summed E-state index contributed by atoms with van der Waals surface area (Å²) in [6.07, 6.45) is 0.